The van der Waals surface area contributed by atoms with Gasteiger partial charge in [-0.1, -0.05) is 217 Å². The first-order valence-electron chi connectivity index (χ1n) is 27.0. The topological polar surface area (TPSA) is 78.9 Å². The Labute approximate surface area is 422 Å². The second-order valence-electron chi connectivity index (χ2n) is 17.0. The molecule has 0 saturated carbocycles. The van der Waals surface area contributed by atoms with Crippen LogP contribution in [0.2, 0.25) is 0 Å². The molecule has 0 aliphatic carbocycles. The van der Waals surface area contributed by atoms with Crippen LogP contribution in [0.4, 0.5) is 0 Å². The van der Waals surface area contributed by atoms with E-state index in [0.717, 1.165) is 109 Å². The van der Waals surface area contributed by atoms with Crippen molar-refractivity contribution in [3.05, 3.63) is 158 Å². The lowest BCUT2D eigenvalue weighted by Crippen LogP contribution is -2.30. The molecule has 0 rings (SSSR count). The van der Waals surface area contributed by atoms with E-state index in [1.807, 2.05) is 24.3 Å². The Morgan fingerprint density at radius 3 is 0.971 bits per heavy atom. The molecule has 0 heterocycles. The van der Waals surface area contributed by atoms with Crippen LogP contribution >= 0.6 is 0 Å². The van der Waals surface area contributed by atoms with Crippen LogP contribution < -0.4 is 0 Å². The molecule has 1 unspecified atom stereocenters. The lowest BCUT2D eigenvalue weighted by atomic mass is 10.1. The van der Waals surface area contributed by atoms with E-state index in [2.05, 4.69) is 154 Å². The Morgan fingerprint density at radius 2 is 0.594 bits per heavy atom. The predicted molar refractivity (Wildman–Crippen MR) is 297 cm³/mol. The normalized spacial score (nSPS) is 13.4. The van der Waals surface area contributed by atoms with Gasteiger partial charge in [-0.2, -0.15) is 0 Å². The maximum absolute atomic E-state index is 12.8. The molecule has 0 aliphatic rings. The van der Waals surface area contributed by atoms with Gasteiger partial charge in [-0.25, -0.2) is 0 Å². The number of carbonyl (C=O) groups excluding carboxylic acids is 3. The summed E-state index contributed by atoms with van der Waals surface area (Å²) in [6.45, 7) is 6.23. The fraction of sp³-hybridized carbons (Fsp3) is 0.540. The number of allylic oxidation sites excluding steroid dienone is 26. The summed E-state index contributed by atoms with van der Waals surface area (Å²) in [6.07, 6.45) is 81.1. The minimum Gasteiger partial charge on any atom is -0.462 e. The molecule has 1 atom stereocenters. The molecule has 6 heteroatoms. The first-order chi connectivity index (χ1) is 34.0. The first-order valence-corrected chi connectivity index (χ1v) is 27.0. The maximum Gasteiger partial charge on any atom is 0.306 e. The predicted octanol–water partition coefficient (Wildman–Crippen LogP) is 18.2. The Bertz CT molecular complexity index is 1610. The van der Waals surface area contributed by atoms with E-state index in [9.17, 15) is 14.4 Å². The van der Waals surface area contributed by atoms with E-state index in [0.29, 0.717) is 19.3 Å². The van der Waals surface area contributed by atoms with Gasteiger partial charge in [-0.05, 0) is 122 Å². The largest absolute Gasteiger partial charge is 0.462 e. The van der Waals surface area contributed by atoms with Gasteiger partial charge in [-0.3, -0.25) is 14.4 Å². The Kier molecular flexibility index (Phi) is 51.6. The zero-order chi connectivity index (χ0) is 50.0. The van der Waals surface area contributed by atoms with Crippen molar-refractivity contribution in [1.82, 2.24) is 0 Å². The summed E-state index contributed by atoms with van der Waals surface area (Å²) in [7, 11) is 0. The van der Waals surface area contributed by atoms with Crippen LogP contribution in [0.25, 0.3) is 0 Å². The average molecular weight is 949 g/mol. The van der Waals surface area contributed by atoms with Gasteiger partial charge < -0.3 is 14.2 Å². The van der Waals surface area contributed by atoms with E-state index in [1.54, 1.807) is 0 Å². The van der Waals surface area contributed by atoms with Crippen molar-refractivity contribution < 1.29 is 28.6 Å². The van der Waals surface area contributed by atoms with Gasteiger partial charge in [0, 0.05) is 19.3 Å². The lowest BCUT2D eigenvalue weighted by molar-refractivity contribution is -0.166. The molecule has 0 bridgehead atoms. The number of ether oxygens (including phenoxy) is 3. The molecule has 0 aliphatic heterocycles. The number of carbonyl (C=O) groups is 3. The monoisotopic (exact) mass is 949 g/mol. The summed E-state index contributed by atoms with van der Waals surface area (Å²) < 4.78 is 16.7. The van der Waals surface area contributed by atoms with Gasteiger partial charge in [0.25, 0.3) is 0 Å². The summed E-state index contributed by atoms with van der Waals surface area (Å²) in [5.74, 6) is -1.15. The van der Waals surface area contributed by atoms with Crippen molar-refractivity contribution in [3.63, 3.8) is 0 Å². The molecule has 0 saturated heterocycles. The molecule has 0 aromatic heterocycles. The van der Waals surface area contributed by atoms with Gasteiger partial charge in [0.05, 0.1) is 0 Å². The number of unbranched alkanes of at least 4 members (excludes halogenated alkanes) is 9. The molecule has 0 spiro atoms. The summed E-state index contributed by atoms with van der Waals surface area (Å²) in [4.78, 5) is 38.0. The smallest absolute Gasteiger partial charge is 0.306 e. The Balaban J connectivity index is 4.67. The highest BCUT2D eigenvalue weighted by molar-refractivity contribution is 5.71. The summed E-state index contributed by atoms with van der Waals surface area (Å²) in [5.41, 5.74) is 0. The quantitative estimate of drug-likeness (QED) is 0.0262. The van der Waals surface area contributed by atoms with Crippen molar-refractivity contribution in [2.75, 3.05) is 13.2 Å². The SMILES string of the molecule is CC/C=C\C/C=C\C/C=C\C/C=C\C/C=C\C/C=C\CCC(=O)OCC(COC(=O)CCCCC/C=C\CCCCCCCC)OC(=O)CC/C=C\C/C=C\C/C=C\C/C=C\C/C=C\C/C=C\CC. The molecule has 0 N–H and O–H groups in total. The molecule has 0 amide bonds. The second kappa shape index (κ2) is 55.6. The van der Waals surface area contributed by atoms with Crippen LogP contribution in [0.5, 0.6) is 0 Å². The van der Waals surface area contributed by atoms with Gasteiger partial charge in [-0.15, -0.1) is 0 Å². The zero-order valence-electron chi connectivity index (χ0n) is 43.8. The van der Waals surface area contributed by atoms with Gasteiger partial charge in [0.15, 0.2) is 6.10 Å². The van der Waals surface area contributed by atoms with Crippen molar-refractivity contribution in [1.29, 1.82) is 0 Å². The van der Waals surface area contributed by atoms with Gasteiger partial charge in [0.2, 0.25) is 0 Å². The molecule has 384 valence electrons. The molecule has 6 nitrogen and oxygen atoms in total. The fourth-order valence-electron chi connectivity index (χ4n) is 6.55. The van der Waals surface area contributed by atoms with E-state index in [-0.39, 0.29) is 38.0 Å². The first kappa shape index (κ1) is 64.0. The third-order valence-electron chi connectivity index (χ3n) is 10.5. The van der Waals surface area contributed by atoms with E-state index < -0.39 is 12.1 Å². The van der Waals surface area contributed by atoms with Crippen LogP contribution in [0.1, 0.15) is 201 Å². The third kappa shape index (κ3) is 53.8. The van der Waals surface area contributed by atoms with Crippen LogP contribution in [-0.2, 0) is 28.6 Å². The van der Waals surface area contributed by atoms with Crippen molar-refractivity contribution in [2.24, 2.45) is 0 Å². The number of esters is 3. The molecule has 0 aromatic carbocycles. The third-order valence-corrected chi connectivity index (χ3v) is 10.5. The van der Waals surface area contributed by atoms with Gasteiger partial charge >= 0.3 is 17.9 Å². The highest BCUT2D eigenvalue weighted by Gasteiger charge is 2.19. The molecular weight excluding hydrogens is 853 g/mol. The van der Waals surface area contributed by atoms with Crippen molar-refractivity contribution in [3.8, 4) is 0 Å². The molecular formula is C63H96O6. The molecule has 0 fully saturated rings. The lowest BCUT2D eigenvalue weighted by Gasteiger charge is -2.18. The average Bonchev–Trinajstić information content (AvgIpc) is 3.35. The van der Waals surface area contributed by atoms with Crippen molar-refractivity contribution >= 4 is 17.9 Å². The van der Waals surface area contributed by atoms with E-state index >= 15 is 0 Å². The number of hydrogen-bond donors (Lipinski definition) is 0. The van der Waals surface area contributed by atoms with Crippen LogP contribution in [-0.4, -0.2) is 37.2 Å². The molecule has 69 heavy (non-hydrogen) atoms. The Hall–Kier alpha value is -4.97. The molecule has 0 radical (unpaired) electrons. The zero-order valence-corrected chi connectivity index (χ0v) is 43.8. The number of rotatable bonds is 46. The van der Waals surface area contributed by atoms with Crippen LogP contribution in [0, 0.1) is 0 Å². The highest BCUT2D eigenvalue weighted by atomic mass is 16.6. The summed E-state index contributed by atoms with van der Waals surface area (Å²) >= 11 is 0. The van der Waals surface area contributed by atoms with Crippen LogP contribution in [0.3, 0.4) is 0 Å². The standard InChI is InChI=1S/C63H96O6/c1-4-7-10-13-16-19-22-25-27-29-31-33-35-38-41-44-47-50-53-56-62(65)68-59-60(58-67-61(64)55-52-49-46-43-40-37-24-21-18-15-12-9-6-3)69-63(66)57-54-51-48-45-42-39-36-34-32-30-28-26-23-20-17-14-11-8-5-2/h7-8,10-11,16-17,19-20,25-28,31-34,37-42,47-48,50-51,60H,4-6,9,12-15,18,21-24,29-30,35-36,43-46,49,52-59H2,1-3H3/b10-7-,11-8-,19-16-,20-17-,27-25-,28-26-,33-31-,34-32-,40-37-,41-38-,42-39-,50-47-,51-48-. The number of hydrogen-bond acceptors (Lipinski definition) is 6. The van der Waals surface area contributed by atoms with Crippen molar-refractivity contribution in [2.45, 2.75) is 207 Å². The van der Waals surface area contributed by atoms with Crippen LogP contribution in [0.15, 0.2) is 158 Å². The second-order valence-corrected chi connectivity index (χ2v) is 17.0. The minimum absolute atomic E-state index is 0.147. The summed E-state index contributed by atoms with van der Waals surface area (Å²) in [5, 5.41) is 0. The molecule has 0 aromatic rings. The fourth-order valence-corrected chi connectivity index (χ4v) is 6.55. The minimum atomic E-state index is -0.863. The summed E-state index contributed by atoms with van der Waals surface area (Å²) in [6, 6.07) is 0. The maximum atomic E-state index is 12.8. The van der Waals surface area contributed by atoms with Gasteiger partial charge in [0.1, 0.15) is 13.2 Å². The van der Waals surface area contributed by atoms with E-state index in [1.165, 1.54) is 38.5 Å². The van der Waals surface area contributed by atoms with E-state index in [4.69, 9.17) is 14.2 Å². The Morgan fingerprint density at radius 1 is 0.304 bits per heavy atom. The highest BCUT2D eigenvalue weighted by Crippen LogP contribution is 2.11.